The van der Waals surface area contributed by atoms with Crippen molar-refractivity contribution < 1.29 is 40.1 Å². The van der Waals surface area contributed by atoms with E-state index in [4.69, 9.17) is 35.5 Å². The second kappa shape index (κ2) is 16.0. The van der Waals surface area contributed by atoms with Gasteiger partial charge in [-0.05, 0) is 118 Å². The fourth-order valence-electron chi connectivity index (χ4n) is 3.57. The van der Waals surface area contributed by atoms with Gasteiger partial charge in [0.25, 0.3) is 0 Å². The number of hydrogen-bond donors (Lipinski definition) is 0. The highest BCUT2D eigenvalue weighted by Gasteiger charge is 2.45. The van der Waals surface area contributed by atoms with Crippen LogP contribution in [0.3, 0.4) is 0 Å². The van der Waals surface area contributed by atoms with Crippen molar-refractivity contribution in [2.45, 2.75) is 136 Å². The van der Waals surface area contributed by atoms with E-state index in [1.807, 2.05) is 39.3 Å². The van der Waals surface area contributed by atoms with Crippen LogP contribution in [0.2, 0.25) is 118 Å². The molecular weight excluding hydrogens is 658 g/mol. The summed E-state index contributed by atoms with van der Waals surface area (Å²) in [5.74, 6) is 0. The molecule has 3 atom stereocenters. The Hall–Kier alpha value is 0.721. The zero-order valence-electron chi connectivity index (χ0n) is 30.2. The molecule has 10 nitrogen and oxygen atoms in total. The molecule has 0 rings (SSSR count). The van der Waals surface area contributed by atoms with Crippen molar-refractivity contribution in [2.75, 3.05) is 20.3 Å². The van der Waals surface area contributed by atoms with Crippen molar-refractivity contribution in [1.82, 2.24) is 0 Å². The zero-order chi connectivity index (χ0) is 33.6. The summed E-state index contributed by atoms with van der Waals surface area (Å²) >= 11 is 0. The molecule has 0 N–H and O–H groups in total. The molecule has 3 unspecified atom stereocenters. The third-order valence-electron chi connectivity index (χ3n) is 4.50. The minimum absolute atomic E-state index is 0.0631. The summed E-state index contributed by atoms with van der Waals surface area (Å²) in [6.45, 7) is 37.4. The summed E-state index contributed by atoms with van der Waals surface area (Å²) < 4.78 is 59.3. The van der Waals surface area contributed by atoms with Gasteiger partial charge >= 0.3 is 7.82 Å². The summed E-state index contributed by atoms with van der Waals surface area (Å²) in [7, 11) is -15.5. The van der Waals surface area contributed by atoms with E-state index in [0.29, 0.717) is 5.71 Å². The van der Waals surface area contributed by atoms with Gasteiger partial charge in [0.1, 0.15) is 25.0 Å². The van der Waals surface area contributed by atoms with E-state index in [1.54, 1.807) is 0 Å². The van der Waals surface area contributed by atoms with E-state index in [-0.39, 0.29) is 13.2 Å². The molecular formula is C25H64NO9PSi6. The first-order valence-corrected chi connectivity index (χ1v) is 36.7. The van der Waals surface area contributed by atoms with E-state index in [0.717, 1.165) is 0 Å². The Morgan fingerprint density at radius 2 is 1.05 bits per heavy atom. The smallest absolute Gasteiger partial charge is 0.412 e. The Morgan fingerprint density at radius 1 is 0.619 bits per heavy atom. The molecule has 0 aliphatic heterocycles. The van der Waals surface area contributed by atoms with E-state index in [9.17, 15) is 4.57 Å². The SMILES string of the molecule is CO/N=C(\CO[Si](C)(C)C)C(O[Si](C)(C)C)C(O[Si](C)(C)C)C(COP(=O)(O[Si](C)(C)C)O[Si](C)(C)C)O[Si](C)(C)C. The minimum atomic E-state index is -3.91. The molecule has 0 aliphatic carbocycles. The van der Waals surface area contributed by atoms with Gasteiger partial charge in [0.2, 0.25) is 0 Å². The molecule has 0 heterocycles. The molecule has 0 saturated carbocycles. The number of oxime groups is 1. The Labute approximate surface area is 264 Å². The molecule has 0 aliphatic rings. The van der Waals surface area contributed by atoms with Gasteiger partial charge in [0.05, 0.1) is 19.3 Å². The minimum Gasteiger partial charge on any atom is -0.412 e. The Balaban J connectivity index is 7.05. The lowest BCUT2D eigenvalue weighted by Crippen LogP contribution is -2.57. The number of hydrogen-bond acceptors (Lipinski definition) is 10. The van der Waals surface area contributed by atoms with Gasteiger partial charge in [0.15, 0.2) is 49.9 Å². The van der Waals surface area contributed by atoms with E-state index >= 15 is 0 Å². The first-order chi connectivity index (χ1) is 18.3. The summed E-state index contributed by atoms with van der Waals surface area (Å²) in [4.78, 5) is 5.33. The topological polar surface area (TPSA) is 103 Å². The van der Waals surface area contributed by atoms with Crippen LogP contribution in [0.25, 0.3) is 0 Å². The highest BCUT2D eigenvalue weighted by molar-refractivity contribution is 7.52. The number of nitrogens with zero attached hydrogens (tertiary/aromatic N) is 1. The molecule has 0 amide bonds. The maximum atomic E-state index is 14.1. The van der Waals surface area contributed by atoms with E-state index in [2.05, 4.69) is 83.7 Å². The number of phosphoric acid groups is 1. The summed E-state index contributed by atoms with van der Waals surface area (Å²) in [6, 6.07) is 0. The third-order valence-corrected chi connectivity index (χ3v) is 15.1. The summed E-state index contributed by atoms with van der Waals surface area (Å²) in [5, 5.41) is 4.42. The van der Waals surface area contributed by atoms with Crippen molar-refractivity contribution in [3.63, 3.8) is 0 Å². The predicted octanol–water partition coefficient (Wildman–Crippen LogP) is 8.33. The molecule has 17 heteroatoms. The third kappa shape index (κ3) is 21.5. The first kappa shape index (κ1) is 42.7. The predicted molar refractivity (Wildman–Crippen MR) is 191 cm³/mol. The Bertz CT molecular complexity index is 881. The molecule has 0 spiro atoms. The quantitative estimate of drug-likeness (QED) is 0.0531. The van der Waals surface area contributed by atoms with Crippen LogP contribution in [0, 0.1) is 0 Å². The van der Waals surface area contributed by atoms with Crippen LogP contribution in [-0.2, 0) is 40.1 Å². The molecule has 0 radical (unpaired) electrons. The number of rotatable bonds is 20. The van der Waals surface area contributed by atoms with Crippen LogP contribution >= 0.6 is 7.82 Å². The average Bonchev–Trinajstić information content (AvgIpc) is 2.65. The van der Waals surface area contributed by atoms with Crippen LogP contribution < -0.4 is 0 Å². The van der Waals surface area contributed by atoms with Gasteiger partial charge < -0.3 is 31.0 Å². The van der Waals surface area contributed by atoms with Gasteiger partial charge in [-0.2, -0.15) is 0 Å². The second-order valence-corrected chi connectivity index (χ2v) is 45.4. The van der Waals surface area contributed by atoms with Crippen LogP contribution in [0.5, 0.6) is 0 Å². The largest absolute Gasteiger partial charge is 0.455 e. The molecule has 0 aromatic heterocycles. The van der Waals surface area contributed by atoms with Crippen LogP contribution in [0.4, 0.5) is 0 Å². The second-order valence-electron chi connectivity index (χ2n) is 16.4. The highest BCUT2D eigenvalue weighted by Crippen LogP contribution is 2.54. The highest BCUT2D eigenvalue weighted by atomic mass is 31.2. The van der Waals surface area contributed by atoms with Gasteiger partial charge in [-0.15, -0.1) is 0 Å². The maximum absolute atomic E-state index is 14.1. The summed E-state index contributed by atoms with van der Waals surface area (Å²) in [6.07, 6.45) is -1.93. The standard InChI is InChI=1S/C25H64NO9PSi6/c1-28-26-22(20-30-37(2,3)4)24(32-39(8,9)10)25(33-40(11,12)13)23(31-38(5,6)7)21-29-36(27,34-41(14,15)16)35-42(17,18)19/h23-25H,20-21H2,1-19H3/b26-22+. The maximum Gasteiger partial charge on any atom is 0.455 e. The molecule has 0 bridgehead atoms. The fourth-order valence-corrected chi connectivity index (χ4v) is 14.0. The van der Waals surface area contributed by atoms with E-state index in [1.165, 1.54) is 7.11 Å². The molecule has 0 aromatic carbocycles. The average molecular weight is 722 g/mol. The first-order valence-electron chi connectivity index (χ1n) is 14.8. The van der Waals surface area contributed by atoms with E-state index < -0.39 is 76.0 Å². The van der Waals surface area contributed by atoms with Crippen molar-refractivity contribution in [3.05, 3.63) is 0 Å². The van der Waals surface area contributed by atoms with Gasteiger partial charge in [0, 0.05) is 0 Å². The van der Waals surface area contributed by atoms with Crippen molar-refractivity contribution in [1.29, 1.82) is 0 Å². The van der Waals surface area contributed by atoms with Gasteiger partial charge in [-0.3, -0.25) is 4.52 Å². The lowest BCUT2D eigenvalue weighted by molar-refractivity contribution is -0.0328. The fraction of sp³-hybridized carbons (Fsp3) is 0.960. The van der Waals surface area contributed by atoms with Crippen LogP contribution in [0.1, 0.15) is 0 Å². The van der Waals surface area contributed by atoms with Gasteiger partial charge in [-0.1, -0.05) is 5.16 Å². The lowest BCUT2D eigenvalue weighted by atomic mass is 10.0. The van der Waals surface area contributed by atoms with Crippen molar-refractivity contribution >= 4 is 63.4 Å². The Morgan fingerprint density at radius 3 is 1.38 bits per heavy atom. The summed E-state index contributed by atoms with van der Waals surface area (Å²) in [5.41, 5.74) is 0.592. The zero-order valence-corrected chi connectivity index (χ0v) is 37.1. The molecule has 0 saturated heterocycles. The van der Waals surface area contributed by atoms with Crippen molar-refractivity contribution in [3.8, 4) is 0 Å². The van der Waals surface area contributed by atoms with Crippen molar-refractivity contribution in [2.24, 2.45) is 5.16 Å². The van der Waals surface area contributed by atoms with Gasteiger partial charge in [-0.25, -0.2) is 4.57 Å². The molecule has 42 heavy (non-hydrogen) atoms. The molecule has 252 valence electrons. The normalized spacial score (nSPS) is 17.3. The lowest BCUT2D eigenvalue weighted by Gasteiger charge is -2.42. The Kier molecular flexibility index (Phi) is 16.3. The van der Waals surface area contributed by atoms with Crippen LogP contribution in [0.15, 0.2) is 5.16 Å². The monoisotopic (exact) mass is 721 g/mol. The van der Waals surface area contributed by atoms with Crippen LogP contribution in [-0.4, -0.2) is 94.3 Å². The molecule has 0 fully saturated rings. The molecule has 0 aromatic rings.